The predicted molar refractivity (Wildman–Crippen MR) is 94.3 cm³/mol. The van der Waals surface area contributed by atoms with E-state index in [0.717, 1.165) is 32.4 Å². The first-order valence-corrected chi connectivity index (χ1v) is 8.59. The molecule has 6 nitrogen and oxygen atoms in total. The van der Waals surface area contributed by atoms with Crippen LogP contribution in [-0.4, -0.2) is 27.8 Å². The molecular formula is C18H24N4O2. The second kappa shape index (κ2) is 7.03. The van der Waals surface area contributed by atoms with Gasteiger partial charge in [-0.05, 0) is 37.2 Å². The van der Waals surface area contributed by atoms with Crippen molar-refractivity contribution in [2.45, 2.75) is 32.6 Å². The van der Waals surface area contributed by atoms with Gasteiger partial charge in [-0.2, -0.15) is 5.10 Å². The molecule has 1 aliphatic heterocycles. The van der Waals surface area contributed by atoms with Crippen molar-refractivity contribution in [3.8, 4) is 0 Å². The number of piperidine rings is 1. The molecule has 2 aromatic rings. The molecule has 0 N–H and O–H groups in total. The van der Waals surface area contributed by atoms with Crippen LogP contribution in [0.1, 0.15) is 31.0 Å². The number of nitrogens with zero attached hydrogens (tertiary/aromatic N) is 4. The maximum Gasteiger partial charge on any atom is 0.334 e. The fraction of sp³-hybridized carbons (Fsp3) is 0.500. The quantitative estimate of drug-likeness (QED) is 0.624. The normalized spacial score (nSPS) is 15.7. The zero-order valence-corrected chi connectivity index (χ0v) is 14.3. The maximum atomic E-state index is 11.5. The second-order valence-electron chi connectivity index (χ2n) is 6.47. The molecule has 1 fully saturated rings. The van der Waals surface area contributed by atoms with E-state index >= 15 is 0 Å². The summed E-state index contributed by atoms with van der Waals surface area (Å²) in [7, 11) is 1.80. The highest BCUT2D eigenvalue weighted by Gasteiger charge is 2.31. The van der Waals surface area contributed by atoms with Gasteiger partial charge >= 0.3 is 5.69 Å². The molecule has 2 heterocycles. The Balaban J connectivity index is 1.71. The molecule has 3 rings (SSSR count). The van der Waals surface area contributed by atoms with Crippen LogP contribution in [0, 0.1) is 16.0 Å². The number of nitro groups is 1. The van der Waals surface area contributed by atoms with Crippen LogP contribution in [0.5, 0.6) is 0 Å². The molecule has 0 radical (unpaired) electrons. The first kappa shape index (κ1) is 16.5. The van der Waals surface area contributed by atoms with Gasteiger partial charge in [0.15, 0.2) is 0 Å². The van der Waals surface area contributed by atoms with Gasteiger partial charge in [0.25, 0.3) is 0 Å². The largest absolute Gasteiger partial charge is 0.351 e. The van der Waals surface area contributed by atoms with Crippen molar-refractivity contribution in [1.29, 1.82) is 0 Å². The molecule has 6 heteroatoms. The average molecular weight is 328 g/mol. The summed E-state index contributed by atoms with van der Waals surface area (Å²) in [6.45, 7) is 3.60. The van der Waals surface area contributed by atoms with E-state index in [1.165, 1.54) is 5.56 Å². The summed E-state index contributed by atoms with van der Waals surface area (Å²) >= 11 is 0. The molecule has 24 heavy (non-hydrogen) atoms. The number of rotatable bonds is 5. The highest BCUT2D eigenvalue weighted by molar-refractivity contribution is 5.61. The fourth-order valence-corrected chi connectivity index (χ4v) is 3.63. The van der Waals surface area contributed by atoms with Gasteiger partial charge in [-0.3, -0.25) is 10.1 Å². The van der Waals surface area contributed by atoms with Crippen LogP contribution in [0.25, 0.3) is 0 Å². The highest BCUT2D eigenvalue weighted by Crippen LogP contribution is 2.34. The molecule has 0 saturated carbocycles. The molecule has 0 spiro atoms. The zero-order valence-electron chi connectivity index (χ0n) is 14.3. The van der Waals surface area contributed by atoms with Crippen LogP contribution in [0.4, 0.5) is 11.5 Å². The molecule has 1 aromatic heterocycles. The number of hydrogen-bond acceptors (Lipinski definition) is 4. The Morgan fingerprint density at radius 2 is 1.92 bits per heavy atom. The monoisotopic (exact) mass is 328 g/mol. The van der Waals surface area contributed by atoms with Crippen LogP contribution < -0.4 is 4.90 Å². The predicted octanol–water partition coefficient (Wildman–Crippen LogP) is 3.35. The average Bonchev–Trinajstić information content (AvgIpc) is 2.93. The Morgan fingerprint density at radius 1 is 1.25 bits per heavy atom. The highest BCUT2D eigenvalue weighted by atomic mass is 16.6. The lowest BCUT2D eigenvalue weighted by Gasteiger charge is -2.32. The van der Waals surface area contributed by atoms with Crippen LogP contribution in [-0.2, 0) is 19.9 Å². The summed E-state index contributed by atoms with van der Waals surface area (Å²) in [6, 6.07) is 10.5. The molecule has 1 aromatic carbocycles. The minimum Gasteiger partial charge on any atom is -0.351 e. The molecule has 0 bridgehead atoms. The lowest BCUT2D eigenvalue weighted by Crippen LogP contribution is -2.35. The summed E-state index contributed by atoms with van der Waals surface area (Å²) < 4.78 is 1.68. The Hall–Kier alpha value is -2.37. The molecule has 1 saturated heterocycles. The molecule has 0 atom stereocenters. The third-order valence-electron chi connectivity index (χ3n) is 4.86. The minimum absolute atomic E-state index is 0.182. The van der Waals surface area contributed by atoms with Crippen LogP contribution in [0.15, 0.2) is 30.3 Å². The number of aromatic nitrogens is 2. The van der Waals surface area contributed by atoms with Crippen molar-refractivity contribution in [1.82, 2.24) is 9.78 Å². The van der Waals surface area contributed by atoms with Gasteiger partial charge in [-0.25, -0.2) is 4.68 Å². The minimum atomic E-state index is -0.281. The van der Waals surface area contributed by atoms with E-state index in [1.54, 1.807) is 11.7 Å². The van der Waals surface area contributed by atoms with E-state index in [1.807, 2.05) is 13.0 Å². The molecular weight excluding hydrogens is 304 g/mol. The summed E-state index contributed by atoms with van der Waals surface area (Å²) in [6.07, 6.45) is 3.77. The van der Waals surface area contributed by atoms with Crippen molar-refractivity contribution < 1.29 is 4.92 Å². The van der Waals surface area contributed by atoms with Gasteiger partial charge < -0.3 is 4.90 Å². The smallest absolute Gasteiger partial charge is 0.334 e. The molecule has 1 aliphatic rings. The second-order valence-corrected chi connectivity index (χ2v) is 6.47. The first-order valence-electron chi connectivity index (χ1n) is 8.59. The molecule has 0 aliphatic carbocycles. The summed E-state index contributed by atoms with van der Waals surface area (Å²) in [5, 5.41) is 15.8. The van der Waals surface area contributed by atoms with Crippen molar-refractivity contribution in [2.75, 3.05) is 18.0 Å². The summed E-state index contributed by atoms with van der Waals surface area (Å²) in [5.74, 6) is 1.30. The van der Waals surface area contributed by atoms with Gasteiger partial charge in [0, 0.05) is 20.1 Å². The van der Waals surface area contributed by atoms with E-state index in [2.05, 4.69) is 34.3 Å². The van der Waals surface area contributed by atoms with E-state index < -0.39 is 0 Å². The van der Waals surface area contributed by atoms with Gasteiger partial charge in [-0.1, -0.05) is 37.3 Å². The van der Waals surface area contributed by atoms with Crippen LogP contribution >= 0.6 is 0 Å². The third kappa shape index (κ3) is 3.27. The van der Waals surface area contributed by atoms with Crippen LogP contribution in [0.3, 0.4) is 0 Å². The van der Waals surface area contributed by atoms with Crippen molar-refractivity contribution in [3.63, 3.8) is 0 Å². The summed E-state index contributed by atoms with van der Waals surface area (Å²) in [4.78, 5) is 13.3. The van der Waals surface area contributed by atoms with E-state index in [9.17, 15) is 10.1 Å². The number of hydrogen-bond donors (Lipinski definition) is 0. The Kier molecular flexibility index (Phi) is 4.83. The molecule has 128 valence electrons. The zero-order chi connectivity index (χ0) is 17.1. The van der Waals surface area contributed by atoms with E-state index in [4.69, 9.17) is 0 Å². The molecule has 0 amide bonds. The first-order chi connectivity index (χ1) is 11.6. The molecule has 0 unspecified atom stereocenters. The lowest BCUT2D eigenvalue weighted by molar-refractivity contribution is -0.384. The lowest BCUT2D eigenvalue weighted by atomic mass is 9.90. The Bertz CT molecular complexity index is 703. The van der Waals surface area contributed by atoms with Crippen LogP contribution in [0.2, 0.25) is 0 Å². The van der Waals surface area contributed by atoms with Crippen molar-refractivity contribution in [2.24, 2.45) is 13.0 Å². The number of anilines is 1. The maximum absolute atomic E-state index is 11.5. The Labute approximate surface area is 142 Å². The van der Waals surface area contributed by atoms with Crippen molar-refractivity contribution in [3.05, 3.63) is 51.7 Å². The number of benzene rings is 1. The third-order valence-corrected chi connectivity index (χ3v) is 4.86. The van der Waals surface area contributed by atoms with Crippen molar-refractivity contribution >= 4 is 11.5 Å². The van der Waals surface area contributed by atoms with Gasteiger partial charge in [0.2, 0.25) is 5.82 Å². The number of aryl methyl sites for hydroxylation is 2. The van der Waals surface area contributed by atoms with Gasteiger partial charge in [-0.15, -0.1) is 0 Å². The SMILES string of the molecule is CCc1nn(C)c(N2CCC(Cc3ccccc3)CC2)c1[N+](=O)[O-]. The topological polar surface area (TPSA) is 64.2 Å². The van der Waals surface area contributed by atoms with Gasteiger partial charge in [0.05, 0.1) is 4.92 Å². The standard InChI is InChI=1S/C18H24N4O2/c1-3-16-17(22(23)24)18(20(2)19-16)21-11-9-15(10-12-21)13-14-7-5-4-6-8-14/h4-8,15H,3,9-13H2,1-2H3. The summed E-state index contributed by atoms with van der Waals surface area (Å²) in [5.41, 5.74) is 2.13. The van der Waals surface area contributed by atoms with E-state index in [0.29, 0.717) is 23.9 Å². The van der Waals surface area contributed by atoms with E-state index in [-0.39, 0.29) is 10.6 Å². The fourth-order valence-electron chi connectivity index (χ4n) is 3.63. The Morgan fingerprint density at radius 3 is 2.50 bits per heavy atom. The van der Waals surface area contributed by atoms with Gasteiger partial charge in [0.1, 0.15) is 5.69 Å².